The topological polar surface area (TPSA) is 84.9 Å². The third-order valence-electron chi connectivity index (χ3n) is 4.75. The number of methoxy groups -OCH3 is 2. The second-order valence-corrected chi connectivity index (χ2v) is 8.77. The van der Waals surface area contributed by atoms with Crippen molar-refractivity contribution < 1.29 is 22.7 Å². The van der Waals surface area contributed by atoms with E-state index in [1.54, 1.807) is 38.3 Å². The number of rotatable bonds is 8. The van der Waals surface area contributed by atoms with Crippen LogP contribution in [-0.2, 0) is 21.4 Å². The Labute approximate surface area is 172 Å². The molecule has 2 rings (SSSR count). The van der Waals surface area contributed by atoms with Crippen LogP contribution in [0.3, 0.4) is 0 Å². The molecule has 0 unspecified atom stereocenters. The van der Waals surface area contributed by atoms with E-state index in [1.165, 1.54) is 7.11 Å². The molecule has 1 N–H and O–H groups in total. The summed E-state index contributed by atoms with van der Waals surface area (Å²) in [5.41, 5.74) is 3.27. The average Bonchev–Trinajstić information content (AvgIpc) is 2.67. The van der Waals surface area contributed by atoms with Crippen LogP contribution in [0.15, 0.2) is 36.4 Å². The Hall–Kier alpha value is -2.74. The van der Waals surface area contributed by atoms with Gasteiger partial charge < -0.3 is 14.8 Å². The Bertz CT molecular complexity index is 989. The monoisotopic (exact) mass is 420 g/mol. The zero-order chi connectivity index (χ0) is 21.8. The minimum absolute atomic E-state index is 0.230. The Kier molecular flexibility index (Phi) is 7.13. The van der Waals surface area contributed by atoms with Crippen LogP contribution >= 0.6 is 0 Å². The molecule has 0 radical (unpaired) electrons. The third kappa shape index (κ3) is 5.41. The van der Waals surface area contributed by atoms with Gasteiger partial charge in [-0.2, -0.15) is 0 Å². The van der Waals surface area contributed by atoms with Gasteiger partial charge in [0.25, 0.3) is 0 Å². The second kappa shape index (κ2) is 9.17. The van der Waals surface area contributed by atoms with Gasteiger partial charge in [-0.05, 0) is 61.7 Å². The van der Waals surface area contributed by atoms with E-state index in [2.05, 4.69) is 5.32 Å². The smallest absolute Gasteiger partial charge is 0.243 e. The van der Waals surface area contributed by atoms with E-state index in [0.717, 1.165) is 27.3 Å². The number of hydrogen-bond acceptors (Lipinski definition) is 5. The lowest BCUT2D eigenvalue weighted by atomic mass is 10.1. The van der Waals surface area contributed by atoms with Crippen molar-refractivity contribution in [2.75, 3.05) is 24.8 Å². The highest BCUT2D eigenvalue weighted by Gasteiger charge is 2.29. The number of amides is 1. The summed E-state index contributed by atoms with van der Waals surface area (Å²) in [6, 6.07) is 9.74. The first kappa shape index (κ1) is 22.5. The first-order valence-corrected chi connectivity index (χ1v) is 11.0. The van der Waals surface area contributed by atoms with Gasteiger partial charge in [0.05, 0.1) is 26.2 Å². The fourth-order valence-electron chi connectivity index (χ4n) is 3.00. The van der Waals surface area contributed by atoms with E-state index in [4.69, 9.17) is 9.47 Å². The lowest BCUT2D eigenvalue weighted by molar-refractivity contribution is -0.122. The van der Waals surface area contributed by atoms with E-state index >= 15 is 0 Å². The summed E-state index contributed by atoms with van der Waals surface area (Å²) < 4.78 is 36.5. The number of nitrogens with one attached hydrogen (secondary N) is 1. The molecule has 0 fully saturated rings. The number of hydrogen-bond donors (Lipinski definition) is 1. The highest BCUT2D eigenvalue weighted by Crippen LogP contribution is 2.27. The van der Waals surface area contributed by atoms with Crippen molar-refractivity contribution in [1.29, 1.82) is 0 Å². The summed E-state index contributed by atoms with van der Waals surface area (Å²) in [5.74, 6) is 0.748. The molecular formula is C21H28N2O5S. The van der Waals surface area contributed by atoms with E-state index in [0.29, 0.717) is 17.2 Å². The molecule has 1 atom stereocenters. The number of nitrogens with zero attached hydrogens (tertiary/aromatic N) is 1. The number of benzene rings is 2. The molecule has 0 aliphatic carbocycles. The van der Waals surface area contributed by atoms with Crippen molar-refractivity contribution in [3.05, 3.63) is 53.1 Å². The summed E-state index contributed by atoms with van der Waals surface area (Å²) >= 11 is 0. The van der Waals surface area contributed by atoms with Gasteiger partial charge in [-0.3, -0.25) is 9.10 Å². The standard InChI is InChI=1S/C21H28N2O5S/c1-14-7-9-18(11-15(14)2)23(29(6,25)26)16(3)21(24)22-13-17-8-10-19(27-4)20(12-17)28-5/h7-12,16H,13H2,1-6H3,(H,22,24)/t16-/m1/s1. The summed E-state index contributed by atoms with van der Waals surface area (Å²) in [6.07, 6.45) is 1.10. The molecule has 1 amide bonds. The second-order valence-electron chi connectivity index (χ2n) is 6.91. The quantitative estimate of drug-likeness (QED) is 0.710. The number of sulfonamides is 1. The van der Waals surface area contributed by atoms with Gasteiger partial charge in [0.1, 0.15) is 6.04 Å². The van der Waals surface area contributed by atoms with Crippen LogP contribution in [0, 0.1) is 13.8 Å². The van der Waals surface area contributed by atoms with Crippen LogP contribution in [0.25, 0.3) is 0 Å². The molecule has 0 spiro atoms. The number of aryl methyl sites for hydroxylation is 2. The molecule has 0 bridgehead atoms. The van der Waals surface area contributed by atoms with Crippen LogP contribution in [0.5, 0.6) is 11.5 Å². The normalized spacial score (nSPS) is 12.2. The molecule has 158 valence electrons. The molecule has 0 aliphatic rings. The molecule has 0 saturated heterocycles. The SMILES string of the molecule is COc1ccc(CNC(=O)[C@@H](C)N(c2ccc(C)c(C)c2)S(C)(=O)=O)cc1OC. The predicted molar refractivity (Wildman–Crippen MR) is 114 cm³/mol. The Morgan fingerprint density at radius 3 is 2.24 bits per heavy atom. The van der Waals surface area contributed by atoms with E-state index < -0.39 is 22.0 Å². The molecule has 0 aliphatic heterocycles. The molecule has 0 aromatic heterocycles. The summed E-state index contributed by atoms with van der Waals surface area (Å²) in [4.78, 5) is 12.7. The third-order valence-corrected chi connectivity index (χ3v) is 5.99. The van der Waals surface area contributed by atoms with Crippen LogP contribution in [0.4, 0.5) is 5.69 Å². The number of carbonyl (C=O) groups is 1. The van der Waals surface area contributed by atoms with Crippen LogP contribution in [0.2, 0.25) is 0 Å². The number of carbonyl (C=O) groups excluding carboxylic acids is 1. The molecular weight excluding hydrogens is 392 g/mol. The van der Waals surface area contributed by atoms with Crippen molar-refractivity contribution in [2.24, 2.45) is 0 Å². The summed E-state index contributed by atoms with van der Waals surface area (Å²) in [7, 11) is -0.572. The summed E-state index contributed by atoms with van der Waals surface area (Å²) in [6.45, 7) is 5.65. The minimum Gasteiger partial charge on any atom is -0.493 e. The lowest BCUT2D eigenvalue weighted by Gasteiger charge is -2.28. The first-order chi connectivity index (χ1) is 13.6. The maximum absolute atomic E-state index is 12.7. The first-order valence-electron chi connectivity index (χ1n) is 9.13. The molecule has 29 heavy (non-hydrogen) atoms. The zero-order valence-electron chi connectivity index (χ0n) is 17.6. The number of ether oxygens (including phenoxy) is 2. The van der Waals surface area contributed by atoms with Crippen molar-refractivity contribution in [3.8, 4) is 11.5 Å². The Morgan fingerprint density at radius 1 is 1.03 bits per heavy atom. The highest BCUT2D eigenvalue weighted by atomic mass is 32.2. The Morgan fingerprint density at radius 2 is 1.69 bits per heavy atom. The average molecular weight is 421 g/mol. The number of anilines is 1. The fraction of sp³-hybridized carbons (Fsp3) is 0.381. The van der Waals surface area contributed by atoms with Gasteiger partial charge in [0.15, 0.2) is 11.5 Å². The Balaban J connectivity index is 2.20. The minimum atomic E-state index is -3.66. The zero-order valence-corrected chi connectivity index (χ0v) is 18.5. The molecule has 2 aromatic carbocycles. The maximum Gasteiger partial charge on any atom is 0.243 e. The molecule has 0 heterocycles. The van der Waals surface area contributed by atoms with Gasteiger partial charge in [-0.25, -0.2) is 8.42 Å². The van der Waals surface area contributed by atoms with Gasteiger partial charge in [0.2, 0.25) is 15.9 Å². The van der Waals surface area contributed by atoms with Crippen molar-refractivity contribution in [2.45, 2.75) is 33.4 Å². The lowest BCUT2D eigenvalue weighted by Crippen LogP contribution is -2.47. The van der Waals surface area contributed by atoms with Crippen molar-refractivity contribution in [1.82, 2.24) is 5.32 Å². The van der Waals surface area contributed by atoms with Crippen molar-refractivity contribution in [3.63, 3.8) is 0 Å². The fourth-order valence-corrected chi connectivity index (χ4v) is 4.17. The van der Waals surface area contributed by atoms with Gasteiger partial charge >= 0.3 is 0 Å². The highest BCUT2D eigenvalue weighted by molar-refractivity contribution is 7.92. The van der Waals surface area contributed by atoms with E-state index in [-0.39, 0.29) is 6.54 Å². The largest absolute Gasteiger partial charge is 0.493 e. The van der Waals surface area contributed by atoms with Gasteiger partial charge in [-0.1, -0.05) is 12.1 Å². The molecule has 7 nitrogen and oxygen atoms in total. The van der Waals surface area contributed by atoms with Crippen molar-refractivity contribution >= 4 is 21.6 Å². The molecule has 8 heteroatoms. The molecule has 0 saturated carbocycles. The molecule has 2 aromatic rings. The maximum atomic E-state index is 12.7. The van der Waals surface area contributed by atoms with Crippen LogP contribution in [-0.4, -0.2) is 40.8 Å². The predicted octanol–water partition coefficient (Wildman–Crippen LogP) is 2.79. The van der Waals surface area contributed by atoms with Crippen LogP contribution < -0.4 is 19.1 Å². The van der Waals surface area contributed by atoms with E-state index in [9.17, 15) is 13.2 Å². The van der Waals surface area contributed by atoms with Crippen LogP contribution in [0.1, 0.15) is 23.6 Å². The van der Waals surface area contributed by atoms with E-state index in [1.807, 2.05) is 26.0 Å². The van der Waals surface area contributed by atoms with Gasteiger partial charge in [0, 0.05) is 6.54 Å². The van der Waals surface area contributed by atoms with Gasteiger partial charge in [-0.15, -0.1) is 0 Å². The summed E-state index contributed by atoms with van der Waals surface area (Å²) in [5, 5.41) is 2.79.